The first-order chi connectivity index (χ1) is 7.16. The second-order valence-corrected chi connectivity index (χ2v) is 4.37. The van der Waals surface area contributed by atoms with Gasteiger partial charge in [0.1, 0.15) is 5.82 Å². The summed E-state index contributed by atoms with van der Waals surface area (Å²) in [6, 6.07) is 6.08. The van der Waals surface area contributed by atoms with Gasteiger partial charge in [0.05, 0.1) is 6.10 Å². The number of aliphatic hydroxyl groups excluding tert-OH is 1. The SMILES string of the molecule is Cc1cccc(N2CCC(C(C)O)C2)n1. The van der Waals surface area contributed by atoms with Gasteiger partial charge in [-0.1, -0.05) is 6.07 Å². The van der Waals surface area contributed by atoms with E-state index in [1.807, 2.05) is 32.0 Å². The van der Waals surface area contributed by atoms with Gasteiger partial charge in [0.2, 0.25) is 0 Å². The van der Waals surface area contributed by atoms with E-state index in [0.29, 0.717) is 5.92 Å². The van der Waals surface area contributed by atoms with Gasteiger partial charge in [0.25, 0.3) is 0 Å². The van der Waals surface area contributed by atoms with Crippen LogP contribution in [0.4, 0.5) is 5.82 Å². The Morgan fingerprint density at radius 1 is 1.53 bits per heavy atom. The van der Waals surface area contributed by atoms with Crippen LogP contribution in [0.1, 0.15) is 19.0 Å². The summed E-state index contributed by atoms with van der Waals surface area (Å²) < 4.78 is 0. The highest BCUT2D eigenvalue weighted by Crippen LogP contribution is 2.24. The monoisotopic (exact) mass is 206 g/mol. The van der Waals surface area contributed by atoms with Crippen LogP contribution in [0.15, 0.2) is 18.2 Å². The molecule has 2 atom stereocenters. The minimum Gasteiger partial charge on any atom is -0.393 e. The summed E-state index contributed by atoms with van der Waals surface area (Å²) in [6.07, 6.45) is 0.854. The second kappa shape index (κ2) is 4.19. The van der Waals surface area contributed by atoms with Gasteiger partial charge in [-0.05, 0) is 32.4 Å². The third kappa shape index (κ3) is 2.29. The second-order valence-electron chi connectivity index (χ2n) is 4.37. The first-order valence-corrected chi connectivity index (χ1v) is 5.53. The Morgan fingerprint density at radius 2 is 2.33 bits per heavy atom. The van der Waals surface area contributed by atoms with E-state index in [0.717, 1.165) is 31.0 Å². The molecule has 15 heavy (non-hydrogen) atoms. The zero-order valence-corrected chi connectivity index (χ0v) is 9.35. The van der Waals surface area contributed by atoms with Crippen molar-refractivity contribution in [2.24, 2.45) is 5.92 Å². The maximum absolute atomic E-state index is 9.52. The van der Waals surface area contributed by atoms with E-state index < -0.39 is 0 Å². The van der Waals surface area contributed by atoms with Crippen molar-refractivity contribution in [3.05, 3.63) is 23.9 Å². The van der Waals surface area contributed by atoms with E-state index in [1.165, 1.54) is 0 Å². The minimum atomic E-state index is -0.209. The van der Waals surface area contributed by atoms with E-state index in [2.05, 4.69) is 9.88 Å². The summed E-state index contributed by atoms with van der Waals surface area (Å²) in [5.74, 6) is 1.44. The average molecular weight is 206 g/mol. The van der Waals surface area contributed by atoms with E-state index in [1.54, 1.807) is 0 Å². The number of rotatable bonds is 2. The standard InChI is InChI=1S/C12H18N2O/c1-9-4-3-5-12(13-9)14-7-6-11(8-14)10(2)15/h3-5,10-11,15H,6-8H2,1-2H3. The summed E-state index contributed by atoms with van der Waals surface area (Å²) in [4.78, 5) is 6.75. The molecule has 3 nitrogen and oxygen atoms in total. The first-order valence-electron chi connectivity index (χ1n) is 5.53. The zero-order valence-electron chi connectivity index (χ0n) is 9.35. The van der Waals surface area contributed by atoms with Gasteiger partial charge < -0.3 is 10.0 Å². The normalized spacial score (nSPS) is 23.1. The number of aryl methyl sites for hydroxylation is 1. The predicted octanol–water partition coefficient (Wildman–Crippen LogP) is 1.60. The molecule has 2 rings (SSSR count). The summed E-state index contributed by atoms with van der Waals surface area (Å²) >= 11 is 0. The number of pyridine rings is 1. The minimum absolute atomic E-state index is 0.209. The lowest BCUT2D eigenvalue weighted by molar-refractivity contribution is 0.136. The van der Waals surface area contributed by atoms with Crippen molar-refractivity contribution in [1.29, 1.82) is 0 Å². The molecule has 1 aliphatic rings. The molecular weight excluding hydrogens is 188 g/mol. The van der Waals surface area contributed by atoms with Gasteiger partial charge in [0, 0.05) is 24.7 Å². The van der Waals surface area contributed by atoms with Gasteiger partial charge in [-0.25, -0.2) is 4.98 Å². The molecule has 1 aliphatic heterocycles. The van der Waals surface area contributed by atoms with Crippen LogP contribution >= 0.6 is 0 Å². The van der Waals surface area contributed by atoms with Gasteiger partial charge >= 0.3 is 0 Å². The van der Waals surface area contributed by atoms with Gasteiger partial charge in [-0.2, -0.15) is 0 Å². The largest absolute Gasteiger partial charge is 0.393 e. The molecular formula is C12H18N2O. The fourth-order valence-corrected chi connectivity index (χ4v) is 2.09. The molecule has 1 fully saturated rings. The lowest BCUT2D eigenvalue weighted by Gasteiger charge is -2.18. The lowest BCUT2D eigenvalue weighted by atomic mass is 10.0. The molecule has 1 aromatic rings. The van der Waals surface area contributed by atoms with Gasteiger partial charge in [-0.3, -0.25) is 0 Å². The molecule has 0 saturated carbocycles. The van der Waals surface area contributed by atoms with Gasteiger partial charge in [0.15, 0.2) is 0 Å². The van der Waals surface area contributed by atoms with Crippen LogP contribution in [0.2, 0.25) is 0 Å². The molecule has 82 valence electrons. The highest BCUT2D eigenvalue weighted by atomic mass is 16.3. The Kier molecular flexibility index (Phi) is 2.91. The number of aromatic nitrogens is 1. The van der Waals surface area contributed by atoms with E-state index >= 15 is 0 Å². The summed E-state index contributed by atoms with van der Waals surface area (Å²) in [7, 11) is 0. The number of nitrogens with zero attached hydrogens (tertiary/aromatic N) is 2. The van der Waals surface area contributed by atoms with Crippen molar-refractivity contribution in [3.63, 3.8) is 0 Å². The van der Waals surface area contributed by atoms with Crippen molar-refractivity contribution in [3.8, 4) is 0 Å². The lowest BCUT2D eigenvalue weighted by Crippen LogP contribution is -2.24. The Bertz CT molecular complexity index is 338. The molecule has 0 aromatic carbocycles. The van der Waals surface area contributed by atoms with Crippen LogP contribution in [0.5, 0.6) is 0 Å². The zero-order chi connectivity index (χ0) is 10.8. The molecule has 1 saturated heterocycles. The van der Waals surface area contributed by atoms with Gasteiger partial charge in [-0.15, -0.1) is 0 Å². The fourth-order valence-electron chi connectivity index (χ4n) is 2.09. The van der Waals surface area contributed by atoms with Crippen LogP contribution < -0.4 is 4.90 Å². The molecule has 0 bridgehead atoms. The van der Waals surface area contributed by atoms with Crippen LogP contribution in [0.3, 0.4) is 0 Å². The van der Waals surface area contributed by atoms with E-state index in [9.17, 15) is 5.11 Å². The van der Waals surface area contributed by atoms with E-state index in [4.69, 9.17) is 0 Å². The van der Waals surface area contributed by atoms with Crippen LogP contribution in [0, 0.1) is 12.8 Å². The Balaban J connectivity index is 2.08. The number of anilines is 1. The van der Waals surface area contributed by atoms with Crippen molar-refractivity contribution in [2.45, 2.75) is 26.4 Å². The molecule has 0 aliphatic carbocycles. The van der Waals surface area contributed by atoms with Crippen molar-refractivity contribution >= 4 is 5.82 Å². The number of hydrogen-bond donors (Lipinski definition) is 1. The Morgan fingerprint density at radius 3 is 2.93 bits per heavy atom. The number of hydrogen-bond acceptors (Lipinski definition) is 3. The molecule has 1 aromatic heterocycles. The average Bonchev–Trinajstić information content (AvgIpc) is 2.66. The molecule has 0 spiro atoms. The van der Waals surface area contributed by atoms with Crippen LogP contribution in [0.25, 0.3) is 0 Å². The predicted molar refractivity (Wildman–Crippen MR) is 61.0 cm³/mol. The molecule has 1 N–H and O–H groups in total. The third-order valence-corrected chi connectivity index (χ3v) is 3.10. The Labute approximate surface area is 90.8 Å². The maximum atomic E-state index is 9.52. The van der Waals surface area contributed by atoms with Crippen LogP contribution in [-0.4, -0.2) is 29.3 Å². The topological polar surface area (TPSA) is 36.4 Å². The fraction of sp³-hybridized carbons (Fsp3) is 0.583. The summed E-state index contributed by atoms with van der Waals surface area (Å²) in [6.45, 7) is 5.81. The first kappa shape index (κ1) is 10.4. The molecule has 3 heteroatoms. The smallest absolute Gasteiger partial charge is 0.128 e. The molecule has 0 amide bonds. The molecule has 0 radical (unpaired) electrons. The van der Waals surface area contributed by atoms with E-state index in [-0.39, 0.29) is 6.10 Å². The quantitative estimate of drug-likeness (QED) is 0.798. The molecule has 2 heterocycles. The Hall–Kier alpha value is -1.09. The highest BCUT2D eigenvalue weighted by Gasteiger charge is 2.26. The third-order valence-electron chi connectivity index (χ3n) is 3.10. The van der Waals surface area contributed by atoms with Crippen molar-refractivity contribution in [1.82, 2.24) is 4.98 Å². The highest BCUT2D eigenvalue weighted by molar-refractivity contribution is 5.40. The summed E-state index contributed by atoms with van der Waals surface area (Å²) in [5, 5.41) is 9.52. The maximum Gasteiger partial charge on any atom is 0.128 e. The summed E-state index contributed by atoms with van der Waals surface area (Å²) in [5.41, 5.74) is 1.05. The van der Waals surface area contributed by atoms with Crippen molar-refractivity contribution < 1.29 is 5.11 Å². The van der Waals surface area contributed by atoms with Crippen molar-refractivity contribution in [2.75, 3.05) is 18.0 Å². The molecule has 2 unspecified atom stereocenters. The van der Waals surface area contributed by atoms with Crippen LogP contribution in [-0.2, 0) is 0 Å². The number of aliphatic hydroxyl groups is 1.